The van der Waals surface area contributed by atoms with E-state index in [1.807, 2.05) is 25.1 Å². The van der Waals surface area contributed by atoms with Crippen molar-refractivity contribution in [2.45, 2.75) is 13.5 Å². The third-order valence-electron chi connectivity index (χ3n) is 2.85. The molecule has 0 aromatic heterocycles. The van der Waals surface area contributed by atoms with Crippen LogP contribution in [0, 0.1) is 10.1 Å². The van der Waals surface area contributed by atoms with Gasteiger partial charge in [-0.3, -0.25) is 10.1 Å². The molecule has 0 heterocycles. The molecule has 0 bridgehead atoms. The second-order valence-corrected chi connectivity index (χ2v) is 4.76. The van der Waals surface area contributed by atoms with Gasteiger partial charge in [-0.2, -0.15) is 0 Å². The number of ether oxygens (including phenoxy) is 1. The summed E-state index contributed by atoms with van der Waals surface area (Å²) in [6.07, 6.45) is 0. The fourth-order valence-corrected chi connectivity index (χ4v) is 2.08. The third-order valence-corrected chi connectivity index (χ3v) is 3.22. The first-order valence-electron chi connectivity index (χ1n) is 6.49. The molecule has 0 aliphatic rings. The lowest BCUT2D eigenvalue weighted by Gasteiger charge is -2.10. The molecule has 0 saturated heterocycles. The summed E-state index contributed by atoms with van der Waals surface area (Å²) in [5.74, 6) is 0.466. The monoisotopic (exact) mass is 306 g/mol. The molecule has 1 N–H and O–H groups in total. The van der Waals surface area contributed by atoms with Crippen molar-refractivity contribution in [3.05, 3.63) is 63.2 Å². The molecule has 2 aromatic rings. The number of nitrogens with zero attached hydrogens (tertiary/aromatic N) is 1. The highest BCUT2D eigenvalue weighted by atomic mass is 35.5. The van der Waals surface area contributed by atoms with Crippen molar-refractivity contribution >= 4 is 23.0 Å². The summed E-state index contributed by atoms with van der Waals surface area (Å²) < 4.78 is 5.34. The van der Waals surface area contributed by atoms with Gasteiger partial charge in [0, 0.05) is 29.4 Å². The van der Waals surface area contributed by atoms with E-state index < -0.39 is 4.92 Å². The van der Waals surface area contributed by atoms with Crippen molar-refractivity contribution in [3.63, 3.8) is 0 Å². The molecule has 5 nitrogen and oxygen atoms in total. The van der Waals surface area contributed by atoms with Crippen LogP contribution in [0.15, 0.2) is 42.5 Å². The minimum absolute atomic E-state index is 0.0115. The Hall–Kier alpha value is -2.27. The van der Waals surface area contributed by atoms with Gasteiger partial charge in [-0.15, -0.1) is 0 Å². The number of hydrogen-bond acceptors (Lipinski definition) is 4. The van der Waals surface area contributed by atoms with Crippen molar-refractivity contribution < 1.29 is 9.66 Å². The van der Waals surface area contributed by atoms with Crippen LogP contribution in [0.2, 0.25) is 5.02 Å². The zero-order chi connectivity index (χ0) is 15.2. The van der Waals surface area contributed by atoms with E-state index in [9.17, 15) is 10.1 Å². The van der Waals surface area contributed by atoms with E-state index >= 15 is 0 Å². The smallest absolute Gasteiger partial charge is 0.275 e. The lowest BCUT2D eigenvalue weighted by Crippen LogP contribution is -2.02. The van der Waals surface area contributed by atoms with E-state index in [1.54, 1.807) is 12.1 Å². The Kier molecular flexibility index (Phi) is 5.00. The molecule has 21 heavy (non-hydrogen) atoms. The van der Waals surface area contributed by atoms with Crippen LogP contribution >= 0.6 is 11.6 Å². The molecular formula is C15H15ClN2O3. The summed E-state index contributed by atoms with van der Waals surface area (Å²) in [5.41, 5.74) is 1.53. The normalized spacial score (nSPS) is 10.2. The van der Waals surface area contributed by atoms with Crippen LogP contribution in [0.3, 0.4) is 0 Å². The summed E-state index contributed by atoms with van der Waals surface area (Å²) in [6, 6.07) is 12.1. The molecule has 0 aliphatic carbocycles. The Bertz CT molecular complexity index is 647. The van der Waals surface area contributed by atoms with Crippen molar-refractivity contribution in [3.8, 4) is 5.75 Å². The number of hydrogen-bond donors (Lipinski definition) is 1. The van der Waals surface area contributed by atoms with Gasteiger partial charge >= 0.3 is 0 Å². The molecule has 0 fully saturated rings. The van der Waals surface area contributed by atoms with Crippen LogP contribution < -0.4 is 10.1 Å². The number of nitro groups is 1. The second-order valence-electron chi connectivity index (χ2n) is 4.35. The maximum absolute atomic E-state index is 10.9. The summed E-state index contributed by atoms with van der Waals surface area (Å²) in [7, 11) is 0. The first kappa shape index (κ1) is 15.1. The van der Waals surface area contributed by atoms with E-state index in [-0.39, 0.29) is 5.69 Å². The topological polar surface area (TPSA) is 64.4 Å². The number of benzene rings is 2. The van der Waals surface area contributed by atoms with E-state index in [4.69, 9.17) is 16.3 Å². The van der Waals surface area contributed by atoms with Gasteiger partial charge in [-0.1, -0.05) is 29.8 Å². The third kappa shape index (κ3) is 4.10. The molecular weight excluding hydrogens is 292 g/mol. The SMILES string of the molecule is CCOc1cc(NCc2ccccc2Cl)cc([N+](=O)[O-])c1. The number of nitro benzene ring substituents is 1. The molecule has 0 atom stereocenters. The number of rotatable bonds is 6. The van der Waals surface area contributed by atoms with Crippen molar-refractivity contribution in [2.24, 2.45) is 0 Å². The molecule has 110 valence electrons. The second kappa shape index (κ2) is 6.95. The molecule has 0 saturated carbocycles. The van der Waals surface area contributed by atoms with E-state index in [2.05, 4.69) is 5.32 Å². The number of non-ortho nitro benzene ring substituents is 1. The quantitative estimate of drug-likeness (QED) is 0.640. The maximum atomic E-state index is 10.9. The highest BCUT2D eigenvalue weighted by Gasteiger charge is 2.10. The summed E-state index contributed by atoms with van der Waals surface area (Å²) in [4.78, 5) is 10.5. The minimum atomic E-state index is -0.441. The summed E-state index contributed by atoms with van der Waals surface area (Å²) in [5, 5.41) is 14.7. The average Bonchev–Trinajstić information content (AvgIpc) is 2.46. The van der Waals surface area contributed by atoms with Gasteiger partial charge in [-0.05, 0) is 18.6 Å². The van der Waals surface area contributed by atoms with Gasteiger partial charge in [-0.25, -0.2) is 0 Å². The van der Waals surface area contributed by atoms with Gasteiger partial charge in [0.15, 0.2) is 0 Å². The van der Waals surface area contributed by atoms with E-state index in [0.29, 0.717) is 29.6 Å². The molecule has 0 radical (unpaired) electrons. The molecule has 2 rings (SSSR count). The van der Waals surface area contributed by atoms with Crippen LogP contribution in [0.25, 0.3) is 0 Å². The molecule has 0 amide bonds. The van der Waals surface area contributed by atoms with Gasteiger partial charge < -0.3 is 10.1 Å². The van der Waals surface area contributed by atoms with Gasteiger partial charge in [0.25, 0.3) is 5.69 Å². The summed E-state index contributed by atoms with van der Waals surface area (Å²) >= 11 is 6.08. The van der Waals surface area contributed by atoms with Crippen molar-refractivity contribution in [1.82, 2.24) is 0 Å². The molecule has 0 spiro atoms. The highest BCUT2D eigenvalue weighted by molar-refractivity contribution is 6.31. The number of anilines is 1. The Balaban J connectivity index is 2.19. The van der Waals surface area contributed by atoms with Crippen LogP contribution in [-0.4, -0.2) is 11.5 Å². The van der Waals surface area contributed by atoms with Gasteiger partial charge in [0.05, 0.1) is 17.6 Å². The predicted octanol–water partition coefficient (Wildman–Crippen LogP) is 4.26. The average molecular weight is 307 g/mol. The Morgan fingerprint density at radius 2 is 2.05 bits per heavy atom. The van der Waals surface area contributed by atoms with Crippen molar-refractivity contribution in [2.75, 3.05) is 11.9 Å². The Morgan fingerprint density at radius 3 is 2.71 bits per heavy atom. The first-order valence-corrected chi connectivity index (χ1v) is 6.87. The first-order chi connectivity index (χ1) is 10.1. The zero-order valence-corrected chi connectivity index (χ0v) is 12.3. The largest absolute Gasteiger partial charge is 0.494 e. The zero-order valence-electron chi connectivity index (χ0n) is 11.5. The molecule has 0 aliphatic heterocycles. The Labute approximate surface area is 127 Å². The minimum Gasteiger partial charge on any atom is -0.494 e. The van der Waals surface area contributed by atoms with Crippen LogP contribution in [0.1, 0.15) is 12.5 Å². The lowest BCUT2D eigenvalue weighted by molar-refractivity contribution is -0.384. The molecule has 6 heteroatoms. The van der Waals surface area contributed by atoms with E-state index in [1.165, 1.54) is 12.1 Å². The fraction of sp³-hybridized carbons (Fsp3) is 0.200. The Morgan fingerprint density at radius 1 is 1.29 bits per heavy atom. The van der Waals surface area contributed by atoms with Gasteiger partial charge in [0.1, 0.15) is 5.75 Å². The number of nitrogens with one attached hydrogen (secondary N) is 1. The molecule has 2 aromatic carbocycles. The number of halogens is 1. The fourth-order valence-electron chi connectivity index (χ4n) is 1.88. The van der Waals surface area contributed by atoms with Crippen LogP contribution in [0.4, 0.5) is 11.4 Å². The summed E-state index contributed by atoms with van der Waals surface area (Å²) in [6.45, 7) is 2.76. The van der Waals surface area contributed by atoms with Crippen LogP contribution in [-0.2, 0) is 6.54 Å². The molecule has 0 unspecified atom stereocenters. The lowest BCUT2D eigenvalue weighted by atomic mass is 10.2. The van der Waals surface area contributed by atoms with Gasteiger partial charge in [0.2, 0.25) is 0 Å². The van der Waals surface area contributed by atoms with E-state index in [0.717, 1.165) is 5.56 Å². The predicted molar refractivity (Wildman–Crippen MR) is 83.0 cm³/mol. The van der Waals surface area contributed by atoms with Crippen molar-refractivity contribution in [1.29, 1.82) is 0 Å². The maximum Gasteiger partial charge on any atom is 0.275 e. The highest BCUT2D eigenvalue weighted by Crippen LogP contribution is 2.27. The standard InChI is InChI=1S/C15H15ClN2O3/c1-2-21-14-8-12(7-13(9-14)18(19)20)17-10-11-5-3-4-6-15(11)16/h3-9,17H,2,10H2,1H3. The van der Waals surface area contributed by atoms with Crippen LogP contribution in [0.5, 0.6) is 5.75 Å².